The summed E-state index contributed by atoms with van der Waals surface area (Å²) in [6, 6.07) is 0. The third-order valence-corrected chi connectivity index (χ3v) is 7.68. The zero-order chi connectivity index (χ0) is 23.4. The maximum Gasteiger partial charge on any atom is 0.265 e. The van der Waals surface area contributed by atoms with Crippen molar-refractivity contribution in [3.05, 3.63) is 39.0 Å². The third-order valence-electron chi connectivity index (χ3n) is 4.70. The number of thiophene rings is 1. The topological polar surface area (TPSA) is 93.0 Å². The Hall–Kier alpha value is -2.50. The second kappa shape index (κ2) is 10.4. The second-order valence-corrected chi connectivity index (χ2v) is 10.2. The average Bonchev–Trinajstić information content (AvgIpc) is 3.42. The molecule has 8 nitrogen and oxygen atoms in total. The number of nitrogens with zero attached hydrogens (tertiary/aromatic N) is 5. The number of aryl methyl sites for hydroxylation is 2. The molecule has 0 fully saturated rings. The zero-order valence-corrected chi connectivity index (χ0v) is 21.2. The molecule has 2 amide bonds. The molecule has 0 bridgehead atoms. The SMILES string of the molecule is C=CCn1c(SCC(=O)Nc2nc(C)c(C(=O)N(C)C)s2)nnc1-c1csc(C)c1CC. The standard InChI is InChI=1S/C21H26N6O2S3/c1-7-9-27-18(15-10-30-13(4)14(15)8-2)24-25-21(27)31-11-16(28)23-20-22-12(3)17(32-20)19(29)26(5)6/h7,10H,1,8-9,11H2,2-6H3,(H,22,23,28). The summed E-state index contributed by atoms with van der Waals surface area (Å²) in [7, 11) is 3.37. The first kappa shape index (κ1) is 24.1. The zero-order valence-electron chi connectivity index (χ0n) is 18.8. The van der Waals surface area contributed by atoms with E-state index < -0.39 is 0 Å². The van der Waals surface area contributed by atoms with E-state index in [1.54, 1.807) is 38.4 Å². The number of carbonyl (C=O) groups is 2. The second-order valence-electron chi connectivity index (χ2n) is 7.21. The van der Waals surface area contributed by atoms with Crippen molar-refractivity contribution >= 4 is 51.4 Å². The van der Waals surface area contributed by atoms with Crippen molar-refractivity contribution in [1.82, 2.24) is 24.6 Å². The van der Waals surface area contributed by atoms with Gasteiger partial charge in [-0.05, 0) is 25.8 Å². The Bertz CT molecular complexity index is 1140. The summed E-state index contributed by atoms with van der Waals surface area (Å²) in [5.74, 6) is 0.586. The molecule has 0 saturated carbocycles. The van der Waals surface area contributed by atoms with Gasteiger partial charge < -0.3 is 10.2 Å². The van der Waals surface area contributed by atoms with E-state index in [9.17, 15) is 9.59 Å². The van der Waals surface area contributed by atoms with Crippen LogP contribution in [0.3, 0.4) is 0 Å². The number of hydrogen-bond donors (Lipinski definition) is 1. The number of anilines is 1. The van der Waals surface area contributed by atoms with Crippen LogP contribution in [0.25, 0.3) is 11.4 Å². The normalized spacial score (nSPS) is 10.9. The molecule has 0 aromatic carbocycles. The number of hydrogen-bond acceptors (Lipinski definition) is 8. The molecule has 3 aromatic rings. The molecule has 0 atom stereocenters. The van der Waals surface area contributed by atoms with Crippen LogP contribution in [0.5, 0.6) is 0 Å². The first-order valence-electron chi connectivity index (χ1n) is 9.99. The van der Waals surface area contributed by atoms with Crippen LogP contribution in [0.2, 0.25) is 0 Å². The van der Waals surface area contributed by atoms with Gasteiger partial charge in [0.2, 0.25) is 5.91 Å². The molecule has 1 N–H and O–H groups in total. The van der Waals surface area contributed by atoms with E-state index >= 15 is 0 Å². The molecule has 0 aliphatic heterocycles. The summed E-state index contributed by atoms with van der Waals surface area (Å²) < 4.78 is 1.98. The van der Waals surface area contributed by atoms with Crippen molar-refractivity contribution in [2.75, 3.05) is 25.2 Å². The van der Waals surface area contributed by atoms with Gasteiger partial charge in [0.05, 0.1) is 11.4 Å². The van der Waals surface area contributed by atoms with Gasteiger partial charge in [-0.3, -0.25) is 14.2 Å². The van der Waals surface area contributed by atoms with E-state index in [1.165, 1.54) is 38.4 Å². The van der Waals surface area contributed by atoms with E-state index in [0.717, 1.165) is 17.8 Å². The number of aromatic nitrogens is 4. The number of thiazole rings is 1. The maximum atomic E-state index is 12.5. The van der Waals surface area contributed by atoms with Crippen LogP contribution in [-0.4, -0.2) is 56.3 Å². The Morgan fingerprint density at radius 3 is 2.72 bits per heavy atom. The van der Waals surface area contributed by atoms with Gasteiger partial charge in [0.25, 0.3) is 5.91 Å². The maximum absolute atomic E-state index is 12.5. The predicted molar refractivity (Wildman–Crippen MR) is 132 cm³/mol. The number of allylic oxidation sites excluding steroid dienone is 1. The number of thioether (sulfide) groups is 1. The van der Waals surface area contributed by atoms with E-state index in [4.69, 9.17) is 0 Å². The van der Waals surface area contributed by atoms with Gasteiger partial charge in [0.1, 0.15) is 4.88 Å². The molecule has 0 saturated heterocycles. The van der Waals surface area contributed by atoms with Crippen LogP contribution in [0, 0.1) is 13.8 Å². The highest BCUT2D eigenvalue weighted by Crippen LogP contribution is 2.32. The Labute approximate surface area is 199 Å². The van der Waals surface area contributed by atoms with Gasteiger partial charge in [0, 0.05) is 36.5 Å². The van der Waals surface area contributed by atoms with Crippen LogP contribution in [0.15, 0.2) is 23.2 Å². The van der Waals surface area contributed by atoms with Crippen LogP contribution in [-0.2, 0) is 17.8 Å². The third kappa shape index (κ3) is 5.11. The molecular formula is C21H26N6O2S3. The molecule has 0 aliphatic carbocycles. The molecule has 0 unspecified atom stereocenters. The lowest BCUT2D eigenvalue weighted by Gasteiger charge is -2.08. The smallest absolute Gasteiger partial charge is 0.265 e. The van der Waals surface area contributed by atoms with Crippen molar-refractivity contribution in [1.29, 1.82) is 0 Å². The first-order chi connectivity index (χ1) is 15.3. The van der Waals surface area contributed by atoms with E-state index in [2.05, 4.69) is 46.3 Å². The largest absolute Gasteiger partial charge is 0.344 e. The minimum atomic E-state index is -0.220. The molecular weight excluding hydrogens is 464 g/mol. The van der Waals surface area contributed by atoms with Crippen LogP contribution >= 0.6 is 34.4 Å². The number of amides is 2. The fourth-order valence-electron chi connectivity index (χ4n) is 3.13. The molecule has 0 radical (unpaired) electrons. The van der Waals surface area contributed by atoms with Crippen molar-refractivity contribution in [2.24, 2.45) is 0 Å². The molecule has 0 spiro atoms. The molecule has 3 heterocycles. The highest BCUT2D eigenvalue weighted by atomic mass is 32.2. The van der Waals surface area contributed by atoms with Crippen LogP contribution < -0.4 is 5.32 Å². The summed E-state index contributed by atoms with van der Waals surface area (Å²) >= 11 is 4.19. The van der Waals surface area contributed by atoms with E-state index in [0.29, 0.717) is 27.4 Å². The summed E-state index contributed by atoms with van der Waals surface area (Å²) in [5, 5.41) is 14.7. The Morgan fingerprint density at radius 2 is 2.06 bits per heavy atom. The monoisotopic (exact) mass is 490 g/mol. The van der Waals surface area contributed by atoms with Gasteiger partial charge in [0.15, 0.2) is 16.1 Å². The minimum absolute atomic E-state index is 0.130. The lowest BCUT2D eigenvalue weighted by atomic mass is 10.1. The van der Waals surface area contributed by atoms with Crippen molar-refractivity contribution in [3.63, 3.8) is 0 Å². The van der Waals surface area contributed by atoms with Crippen LogP contribution in [0.1, 0.15) is 32.7 Å². The number of carbonyl (C=O) groups excluding carboxylic acids is 2. The quantitative estimate of drug-likeness (QED) is 0.356. The number of nitrogens with one attached hydrogen (secondary N) is 1. The van der Waals surface area contributed by atoms with Gasteiger partial charge in [-0.25, -0.2) is 4.98 Å². The Kier molecular flexibility index (Phi) is 7.86. The molecule has 32 heavy (non-hydrogen) atoms. The lowest BCUT2D eigenvalue weighted by molar-refractivity contribution is -0.113. The average molecular weight is 491 g/mol. The van der Waals surface area contributed by atoms with Gasteiger partial charge in [-0.2, -0.15) is 0 Å². The minimum Gasteiger partial charge on any atom is -0.344 e. The lowest BCUT2D eigenvalue weighted by Crippen LogP contribution is -2.21. The predicted octanol–water partition coefficient (Wildman–Crippen LogP) is 4.26. The fraction of sp³-hybridized carbons (Fsp3) is 0.381. The van der Waals surface area contributed by atoms with Crippen molar-refractivity contribution in [2.45, 2.75) is 38.9 Å². The molecule has 3 aromatic heterocycles. The van der Waals surface area contributed by atoms with Gasteiger partial charge >= 0.3 is 0 Å². The molecule has 170 valence electrons. The van der Waals surface area contributed by atoms with E-state index in [1.807, 2.05) is 4.57 Å². The van der Waals surface area contributed by atoms with Crippen molar-refractivity contribution in [3.8, 4) is 11.4 Å². The Morgan fingerprint density at radius 1 is 1.31 bits per heavy atom. The van der Waals surface area contributed by atoms with Gasteiger partial charge in [-0.15, -0.1) is 28.1 Å². The molecule has 11 heteroatoms. The van der Waals surface area contributed by atoms with Crippen LogP contribution in [0.4, 0.5) is 5.13 Å². The van der Waals surface area contributed by atoms with E-state index in [-0.39, 0.29) is 17.6 Å². The Balaban J connectivity index is 1.72. The van der Waals surface area contributed by atoms with Gasteiger partial charge in [-0.1, -0.05) is 36.1 Å². The summed E-state index contributed by atoms with van der Waals surface area (Å²) in [5.41, 5.74) is 2.95. The summed E-state index contributed by atoms with van der Waals surface area (Å²) in [4.78, 5) is 32.3. The highest BCUT2D eigenvalue weighted by Gasteiger charge is 2.20. The number of rotatable bonds is 9. The molecule has 0 aliphatic rings. The summed E-state index contributed by atoms with van der Waals surface area (Å²) in [6.45, 7) is 10.4. The van der Waals surface area contributed by atoms with Crippen molar-refractivity contribution < 1.29 is 9.59 Å². The molecule has 3 rings (SSSR count). The highest BCUT2D eigenvalue weighted by molar-refractivity contribution is 7.99. The fourth-order valence-corrected chi connectivity index (χ4v) is 5.82. The summed E-state index contributed by atoms with van der Waals surface area (Å²) in [6.07, 6.45) is 2.71. The first-order valence-corrected chi connectivity index (χ1v) is 12.7.